The number of pyridine rings is 1. The standard InChI is InChI=1S/C32H30N6O5S/c1-20-5-8-23(17-26(20)38(32-34-15-16-44-32)25-11-13-33-14-12-25)35-30(39)21-6-9-22(10-7-21)36-31(40)37-24-18-27(41-2)29(43-4)28(19-24)42-3/h5-19H,1-4H3,(H,35,39)(H2,36,37,40). The highest BCUT2D eigenvalue weighted by Gasteiger charge is 2.18. The smallest absolute Gasteiger partial charge is 0.323 e. The molecule has 0 aliphatic heterocycles. The summed E-state index contributed by atoms with van der Waals surface area (Å²) in [6, 6.07) is 18.9. The number of anilines is 6. The fraction of sp³-hybridized carbons (Fsp3) is 0.125. The third-order valence-electron chi connectivity index (χ3n) is 6.57. The molecule has 11 nitrogen and oxygen atoms in total. The molecule has 2 heterocycles. The van der Waals surface area contributed by atoms with Gasteiger partial charge in [-0.15, -0.1) is 11.3 Å². The van der Waals surface area contributed by atoms with Gasteiger partial charge in [0.2, 0.25) is 5.75 Å². The van der Waals surface area contributed by atoms with Crippen molar-refractivity contribution in [1.29, 1.82) is 0 Å². The van der Waals surface area contributed by atoms with E-state index in [1.54, 1.807) is 55.0 Å². The van der Waals surface area contributed by atoms with E-state index in [0.29, 0.717) is 39.9 Å². The summed E-state index contributed by atoms with van der Waals surface area (Å²) in [5.74, 6) is 0.943. The predicted octanol–water partition coefficient (Wildman–Crippen LogP) is 7.24. The molecule has 0 saturated heterocycles. The normalized spacial score (nSPS) is 10.5. The Morgan fingerprint density at radius 1 is 0.750 bits per heavy atom. The summed E-state index contributed by atoms with van der Waals surface area (Å²) in [6.07, 6.45) is 5.21. The first-order valence-corrected chi connectivity index (χ1v) is 14.3. The van der Waals surface area contributed by atoms with E-state index in [1.807, 2.05) is 47.5 Å². The predicted molar refractivity (Wildman–Crippen MR) is 172 cm³/mol. The van der Waals surface area contributed by atoms with Gasteiger partial charge in [-0.05, 0) is 61.0 Å². The van der Waals surface area contributed by atoms with Crippen molar-refractivity contribution in [2.75, 3.05) is 42.2 Å². The molecule has 2 aromatic heterocycles. The van der Waals surface area contributed by atoms with Crippen molar-refractivity contribution in [1.82, 2.24) is 9.97 Å². The SMILES string of the molecule is COc1cc(NC(=O)Nc2ccc(C(=O)Nc3ccc(C)c(N(c4ccncc4)c4nccs4)c3)cc2)cc(OC)c1OC. The van der Waals surface area contributed by atoms with Crippen LogP contribution in [0.2, 0.25) is 0 Å². The quantitative estimate of drug-likeness (QED) is 0.151. The van der Waals surface area contributed by atoms with Crippen molar-refractivity contribution in [2.24, 2.45) is 0 Å². The maximum absolute atomic E-state index is 13.1. The van der Waals surface area contributed by atoms with E-state index in [-0.39, 0.29) is 5.91 Å². The van der Waals surface area contributed by atoms with Crippen LogP contribution in [0.1, 0.15) is 15.9 Å². The number of aryl methyl sites for hydroxylation is 1. The average molecular weight is 611 g/mol. The number of carbonyl (C=O) groups excluding carboxylic acids is 2. The van der Waals surface area contributed by atoms with Gasteiger partial charge in [0.1, 0.15) is 0 Å². The van der Waals surface area contributed by atoms with Gasteiger partial charge in [0.05, 0.1) is 38.4 Å². The molecule has 0 spiro atoms. The Kier molecular flexibility index (Phi) is 9.21. The summed E-state index contributed by atoms with van der Waals surface area (Å²) in [5, 5.41) is 11.2. The molecule has 3 aromatic carbocycles. The Hall–Kier alpha value is -5.62. The maximum Gasteiger partial charge on any atom is 0.323 e. The van der Waals surface area contributed by atoms with Gasteiger partial charge in [-0.2, -0.15) is 0 Å². The van der Waals surface area contributed by atoms with Gasteiger partial charge in [0.25, 0.3) is 5.91 Å². The Morgan fingerprint density at radius 3 is 2.02 bits per heavy atom. The number of hydrogen-bond acceptors (Lipinski definition) is 9. The number of aromatic nitrogens is 2. The lowest BCUT2D eigenvalue weighted by Gasteiger charge is -2.24. The van der Waals surface area contributed by atoms with Crippen molar-refractivity contribution >= 4 is 56.8 Å². The number of thiazole rings is 1. The number of rotatable bonds is 10. The summed E-state index contributed by atoms with van der Waals surface area (Å²) in [5.41, 5.74) is 4.78. The van der Waals surface area contributed by atoms with Gasteiger partial charge in [0.15, 0.2) is 16.6 Å². The first-order chi connectivity index (χ1) is 21.4. The lowest BCUT2D eigenvalue weighted by atomic mass is 10.1. The van der Waals surface area contributed by atoms with Gasteiger partial charge in [0, 0.05) is 53.0 Å². The van der Waals surface area contributed by atoms with Crippen LogP contribution in [0, 0.1) is 6.92 Å². The molecule has 0 fully saturated rings. The highest BCUT2D eigenvalue weighted by atomic mass is 32.1. The van der Waals surface area contributed by atoms with Crippen LogP contribution in [-0.2, 0) is 0 Å². The van der Waals surface area contributed by atoms with Crippen LogP contribution in [-0.4, -0.2) is 43.2 Å². The zero-order valence-corrected chi connectivity index (χ0v) is 25.3. The Balaban J connectivity index is 1.27. The molecule has 0 aliphatic carbocycles. The van der Waals surface area contributed by atoms with E-state index in [0.717, 1.165) is 22.1 Å². The van der Waals surface area contributed by atoms with Crippen molar-refractivity contribution in [3.05, 3.63) is 102 Å². The van der Waals surface area contributed by atoms with Crippen LogP contribution in [0.4, 0.5) is 38.4 Å². The van der Waals surface area contributed by atoms with Crippen molar-refractivity contribution in [3.8, 4) is 17.2 Å². The zero-order valence-electron chi connectivity index (χ0n) is 24.5. The largest absolute Gasteiger partial charge is 0.493 e. The molecule has 0 aliphatic rings. The second-order valence-electron chi connectivity index (χ2n) is 9.38. The third-order valence-corrected chi connectivity index (χ3v) is 7.32. The number of urea groups is 1. The lowest BCUT2D eigenvalue weighted by molar-refractivity contribution is 0.102. The van der Waals surface area contributed by atoms with Crippen LogP contribution >= 0.6 is 11.3 Å². The number of nitrogens with one attached hydrogen (secondary N) is 3. The van der Waals surface area contributed by atoms with E-state index >= 15 is 0 Å². The second-order valence-corrected chi connectivity index (χ2v) is 10.3. The summed E-state index contributed by atoms with van der Waals surface area (Å²) >= 11 is 1.51. The van der Waals surface area contributed by atoms with Gasteiger partial charge >= 0.3 is 6.03 Å². The minimum Gasteiger partial charge on any atom is -0.493 e. The fourth-order valence-electron chi connectivity index (χ4n) is 4.45. The molecule has 0 bridgehead atoms. The summed E-state index contributed by atoms with van der Waals surface area (Å²) < 4.78 is 16.0. The second kappa shape index (κ2) is 13.6. The summed E-state index contributed by atoms with van der Waals surface area (Å²) in [7, 11) is 4.50. The number of nitrogens with zero attached hydrogens (tertiary/aromatic N) is 3. The van der Waals surface area contributed by atoms with Crippen LogP contribution in [0.15, 0.2) is 90.7 Å². The van der Waals surface area contributed by atoms with Gasteiger partial charge < -0.3 is 30.2 Å². The average Bonchev–Trinajstić information content (AvgIpc) is 3.57. The topological polar surface area (TPSA) is 127 Å². The molecular formula is C32H30N6O5S. The Bertz CT molecular complexity index is 1720. The van der Waals surface area contributed by atoms with Crippen molar-refractivity contribution in [2.45, 2.75) is 6.92 Å². The third kappa shape index (κ3) is 6.71. The van der Waals surface area contributed by atoms with Gasteiger partial charge in [-0.1, -0.05) is 6.07 Å². The van der Waals surface area contributed by atoms with Crippen molar-refractivity contribution < 1.29 is 23.8 Å². The molecule has 224 valence electrons. The maximum atomic E-state index is 13.1. The molecule has 0 unspecified atom stereocenters. The lowest BCUT2D eigenvalue weighted by Crippen LogP contribution is -2.19. The minimum atomic E-state index is -0.484. The minimum absolute atomic E-state index is 0.294. The van der Waals surface area contributed by atoms with Crippen molar-refractivity contribution in [3.63, 3.8) is 0 Å². The van der Waals surface area contributed by atoms with Crippen LogP contribution in [0.3, 0.4) is 0 Å². The molecule has 0 atom stereocenters. The van der Waals surface area contributed by atoms with Crippen LogP contribution in [0.25, 0.3) is 0 Å². The van der Waals surface area contributed by atoms with E-state index in [9.17, 15) is 9.59 Å². The molecule has 5 aromatic rings. The molecule has 12 heteroatoms. The van der Waals surface area contributed by atoms with E-state index in [1.165, 1.54) is 32.7 Å². The Morgan fingerprint density at radius 2 is 1.41 bits per heavy atom. The van der Waals surface area contributed by atoms with Gasteiger partial charge in [-0.25, -0.2) is 9.78 Å². The number of ether oxygens (including phenoxy) is 3. The first kappa shape index (κ1) is 29.9. The number of benzene rings is 3. The number of methoxy groups -OCH3 is 3. The zero-order chi connectivity index (χ0) is 31.1. The van der Waals surface area contributed by atoms with Gasteiger partial charge in [-0.3, -0.25) is 14.7 Å². The monoisotopic (exact) mass is 610 g/mol. The van der Waals surface area contributed by atoms with E-state index in [4.69, 9.17) is 14.2 Å². The fourth-order valence-corrected chi connectivity index (χ4v) is 5.13. The van der Waals surface area contributed by atoms with E-state index < -0.39 is 6.03 Å². The molecule has 3 N–H and O–H groups in total. The first-order valence-electron chi connectivity index (χ1n) is 13.4. The van der Waals surface area contributed by atoms with Crippen LogP contribution in [0.5, 0.6) is 17.2 Å². The highest BCUT2D eigenvalue weighted by molar-refractivity contribution is 7.13. The number of hydrogen-bond donors (Lipinski definition) is 3. The highest BCUT2D eigenvalue weighted by Crippen LogP contribution is 2.40. The molecule has 0 saturated carbocycles. The van der Waals surface area contributed by atoms with Crippen LogP contribution < -0.4 is 35.1 Å². The molecule has 44 heavy (non-hydrogen) atoms. The Labute approximate surface area is 258 Å². The molecule has 5 rings (SSSR count). The molecular weight excluding hydrogens is 580 g/mol. The number of carbonyl (C=O) groups is 2. The number of amides is 3. The summed E-state index contributed by atoms with van der Waals surface area (Å²) in [6.45, 7) is 2.01. The molecule has 0 radical (unpaired) electrons. The summed E-state index contributed by atoms with van der Waals surface area (Å²) in [4.78, 5) is 36.5. The van der Waals surface area contributed by atoms with E-state index in [2.05, 4.69) is 25.9 Å². The molecule has 3 amide bonds.